The Morgan fingerprint density at radius 1 is 1.44 bits per heavy atom. The van der Waals surface area contributed by atoms with E-state index in [0.29, 0.717) is 12.1 Å². The lowest BCUT2D eigenvalue weighted by Crippen LogP contribution is -2.22. The van der Waals surface area contributed by atoms with Gasteiger partial charge in [0.25, 0.3) is 0 Å². The van der Waals surface area contributed by atoms with Crippen molar-refractivity contribution in [3.8, 4) is 0 Å². The summed E-state index contributed by atoms with van der Waals surface area (Å²) in [6, 6.07) is 7.61. The molecule has 1 heterocycles. The van der Waals surface area contributed by atoms with Crippen LogP contribution in [-0.2, 0) is 6.42 Å². The Hall–Kier alpha value is -1.61. The van der Waals surface area contributed by atoms with Gasteiger partial charge in [0.1, 0.15) is 0 Å². The quantitative estimate of drug-likeness (QED) is 0.867. The Bertz CT molecular complexity index is 531. The molecule has 1 aromatic heterocycles. The molecule has 3 rings (SSSR count). The predicted molar refractivity (Wildman–Crippen MR) is 72.4 cm³/mol. The van der Waals surface area contributed by atoms with Gasteiger partial charge in [-0.1, -0.05) is 23.8 Å². The fraction of sp³-hybridized carbons (Fsp3) is 0.400. The molecule has 0 spiro atoms. The second-order valence-electron chi connectivity index (χ2n) is 5.21. The lowest BCUT2D eigenvalue weighted by Gasteiger charge is -2.19. The maximum absolute atomic E-state index is 4.01. The van der Waals surface area contributed by atoms with E-state index in [1.54, 1.807) is 0 Å². The second-order valence-corrected chi connectivity index (χ2v) is 5.21. The third-order valence-corrected chi connectivity index (χ3v) is 3.85. The minimum absolute atomic E-state index is 0.334. The molecule has 1 aromatic carbocycles. The Balaban J connectivity index is 1.78. The standard InChI is InChI=1S/C15H19N3/c1-10-3-4-12-5-6-15(14(12)7-10)18-11(2)13-8-16-17-9-13/h3-4,7-9,11,15,18H,5-6H2,1-2H3,(H,16,17). The van der Waals surface area contributed by atoms with Crippen LogP contribution in [0.3, 0.4) is 0 Å². The predicted octanol–water partition coefficient (Wildman–Crippen LogP) is 3.06. The van der Waals surface area contributed by atoms with Crippen LogP contribution in [-0.4, -0.2) is 10.2 Å². The fourth-order valence-corrected chi connectivity index (χ4v) is 2.79. The number of H-pyrrole nitrogens is 1. The number of hydrogen-bond donors (Lipinski definition) is 2. The highest BCUT2D eigenvalue weighted by Gasteiger charge is 2.23. The lowest BCUT2D eigenvalue weighted by molar-refractivity contribution is 0.465. The average molecular weight is 241 g/mol. The summed E-state index contributed by atoms with van der Waals surface area (Å²) in [5, 5.41) is 10.6. The number of benzene rings is 1. The summed E-state index contributed by atoms with van der Waals surface area (Å²) in [5.41, 5.74) is 5.54. The van der Waals surface area contributed by atoms with Gasteiger partial charge >= 0.3 is 0 Å². The Morgan fingerprint density at radius 2 is 2.33 bits per heavy atom. The molecule has 0 aliphatic heterocycles. The molecule has 2 unspecified atom stereocenters. The van der Waals surface area contributed by atoms with Crippen molar-refractivity contribution in [1.29, 1.82) is 0 Å². The van der Waals surface area contributed by atoms with Crippen LogP contribution in [0.4, 0.5) is 0 Å². The van der Waals surface area contributed by atoms with Crippen LogP contribution in [0.15, 0.2) is 30.6 Å². The van der Waals surface area contributed by atoms with Crippen molar-refractivity contribution in [3.05, 3.63) is 52.8 Å². The number of hydrogen-bond acceptors (Lipinski definition) is 2. The smallest absolute Gasteiger partial charge is 0.0534 e. The largest absolute Gasteiger partial charge is 0.303 e. The van der Waals surface area contributed by atoms with Gasteiger partial charge in [-0.15, -0.1) is 0 Å². The summed E-state index contributed by atoms with van der Waals surface area (Å²) in [6.07, 6.45) is 6.24. The maximum atomic E-state index is 4.01. The van der Waals surface area contributed by atoms with Crippen LogP contribution in [0, 0.1) is 6.92 Å². The van der Waals surface area contributed by atoms with E-state index in [4.69, 9.17) is 0 Å². The van der Waals surface area contributed by atoms with Crippen LogP contribution in [0.2, 0.25) is 0 Å². The van der Waals surface area contributed by atoms with E-state index >= 15 is 0 Å². The van der Waals surface area contributed by atoms with Gasteiger partial charge in [0.2, 0.25) is 0 Å². The molecule has 0 radical (unpaired) electrons. The van der Waals surface area contributed by atoms with Crippen LogP contribution < -0.4 is 5.32 Å². The normalized spacial score (nSPS) is 19.8. The summed E-state index contributed by atoms with van der Waals surface area (Å²) < 4.78 is 0. The van der Waals surface area contributed by atoms with Crippen molar-refractivity contribution < 1.29 is 0 Å². The summed E-state index contributed by atoms with van der Waals surface area (Å²) in [6.45, 7) is 4.35. The van der Waals surface area contributed by atoms with Crippen molar-refractivity contribution in [3.63, 3.8) is 0 Å². The summed E-state index contributed by atoms with van der Waals surface area (Å²) >= 11 is 0. The number of aromatic amines is 1. The van der Waals surface area contributed by atoms with Gasteiger partial charge in [-0.25, -0.2) is 0 Å². The first-order chi connectivity index (χ1) is 8.74. The van der Waals surface area contributed by atoms with Crippen LogP contribution in [0.5, 0.6) is 0 Å². The molecule has 0 fully saturated rings. The molecule has 94 valence electrons. The van der Waals surface area contributed by atoms with Gasteiger partial charge in [0.15, 0.2) is 0 Å². The summed E-state index contributed by atoms with van der Waals surface area (Å²) in [5.74, 6) is 0. The van der Waals surface area contributed by atoms with Crippen LogP contribution in [0.25, 0.3) is 0 Å². The fourth-order valence-electron chi connectivity index (χ4n) is 2.79. The third kappa shape index (κ3) is 2.06. The Kier molecular flexibility index (Phi) is 2.92. The molecule has 0 amide bonds. The highest BCUT2D eigenvalue weighted by molar-refractivity contribution is 5.37. The summed E-state index contributed by atoms with van der Waals surface area (Å²) in [7, 11) is 0. The van der Waals surface area contributed by atoms with Crippen LogP contribution in [0.1, 0.15) is 47.7 Å². The van der Waals surface area contributed by atoms with Gasteiger partial charge in [-0.2, -0.15) is 5.10 Å². The molecule has 0 bridgehead atoms. The highest BCUT2D eigenvalue weighted by atomic mass is 15.1. The zero-order chi connectivity index (χ0) is 12.5. The third-order valence-electron chi connectivity index (χ3n) is 3.85. The molecule has 3 heteroatoms. The van der Waals surface area contributed by atoms with Crippen molar-refractivity contribution >= 4 is 0 Å². The number of aryl methyl sites for hydroxylation is 2. The summed E-state index contributed by atoms with van der Waals surface area (Å²) in [4.78, 5) is 0. The highest BCUT2D eigenvalue weighted by Crippen LogP contribution is 2.33. The molecule has 1 aliphatic carbocycles. The maximum Gasteiger partial charge on any atom is 0.0534 e. The van der Waals surface area contributed by atoms with Crippen molar-refractivity contribution in [2.75, 3.05) is 0 Å². The second kappa shape index (κ2) is 4.58. The van der Waals surface area contributed by atoms with Crippen molar-refractivity contribution in [1.82, 2.24) is 15.5 Å². The van der Waals surface area contributed by atoms with E-state index in [0.717, 1.165) is 0 Å². The van der Waals surface area contributed by atoms with E-state index in [1.165, 1.54) is 35.1 Å². The topological polar surface area (TPSA) is 40.7 Å². The number of nitrogens with one attached hydrogen (secondary N) is 2. The van der Waals surface area contributed by atoms with Crippen LogP contribution >= 0.6 is 0 Å². The zero-order valence-corrected chi connectivity index (χ0v) is 10.9. The Morgan fingerprint density at radius 3 is 3.11 bits per heavy atom. The van der Waals surface area contributed by atoms with Gasteiger partial charge in [-0.05, 0) is 37.8 Å². The van der Waals surface area contributed by atoms with Gasteiger partial charge in [0, 0.05) is 23.8 Å². The minimum atomic E-state index is 0.334. The molecule has 1 aliphatic rings. The van der Waals surface area contributed by atoms with E-state index in [-0.39, 0.29) is 0 Å². The first-order valence-corrected chi connectivity index (χ1v) is 6.58. The number of nitrogens with zero attached hydrogens (tertiary/aromatic N) is 1. The molecule has 0 saturated heterocycles. The zero-order valence-electron chi connectivity index (χ0n) is 10.9. The van der Waals surface area contributed by atoms with E-state index in [2.05, 4.69) is 47.6 Å². The Labute approximate surface area is 108 Å². The number of aromatic nitrogens is 2. The van der Waals surface area contributed by atoms with Crippen molar-refractivity contribution in [2.45, 2.75) is 38.8 Å². The minimum Gasteiger partial charge on any atom is -0.303 e. The molecule has 2 aromatic rings. The molecule has 2 N–H and O–H groups in total. The lowest BCUT2D eigenvalue weighted by atomic mass is 10.0. The van der Waals surface area contributed by atoms with Gasteiger partial charge < -0.3 is 5.32 Å². The number of fused-ring (bicyclic) bond motifs is 1. The average Bonchev–Trinajstić information content (AvgIpc) is 2.99. The molecular formula is C15H19N3. The first-order valence-electron chi connectivity index (χ1n) is 6.58. The van der Waals surface area contributed by atoms with E-state index < -0.39 is 0 Å². The van der Waals surface area contributed by atoms with E-state index in [9.17, 15) is 0 Å². The molecular weight excluding hydrogens is 222 g/mol. The molecule has 18 heavy (non-hydrogen) atoms. The monoisotopic (exact) mass is 241 g/mol. The van der Waals surface area contributed by atoms with E-state index in [1.807, 2.05) is 12.4 Å². The molecule has 0 saturated carbocycles. The van der Waals surface area contributed by atoms with Crippen molar-refractivity contribution in [2.24, 2.45) is 0 Å². The molecule has 2 atom stereocenters. The molecule has 3 nitrogen and oxygen atoms in total. The SMILES string of the molecule is Cc1ccc2c(c1)C(NC(C)c1cn[nH]c1)CC2. The van der Waals surface area contributed by atoms with Gasteiger partial charge in [0.05, 0.1) is 6.20 Å². The first kappa shape index (κ1) is 11.5. The number of rotatable bonds is 3. The van der Waals surface area contributed by atoms with Gasteiger partial charge in [-0.3, -0.25) is 5.10 Å².